The van der Waals surface area contributed by atoms with Crippen molar-refractivity contribution in [3.05, 3.63) is 94.0 Å². The Labute approximate surface area is 232 Å². The first kappa shape index (κ1) is 29.3. The Hall–Kier alpha value is -3.26. The highest BCUT2D eigenvalue weighted by molar-refractivity contribution is 6.34. The molecule has 0 bridgehead atoms. The van der Waals surface area contributed by atoms with Crippen molar-refractivity contribution in [3.8, 4) is 11.5 Å². The van der Waals surface area contributed by atoms with Crippen molar-refractivity contribution >= 4 is 35.3 Å². The lowest BCUT2D eigenvalue weighted by Crippen LogP contribution is -2.37. The van der Waals surface area contributed by atoms with E-state index < -0.39 is 18.2 Å². The van der Waals surface area contributed by atoms with Gasteiger partial charge < -0.3 is 24.2 Å². The molecule has 7 nitrogen and oxygen atoms in total. The number of para-hydroxylation sites is 1. The molecule has 1 atom stereocenters. The zero-order valence-corrected chi connectivity index (χ0v) is 22.7. The first-order valence-electron chi connectivity index (χ1n) is 12.4. The molecule has 0 radical (unpaired) electrons. The predicted octanol–water partition coefficient (Wildman–Crippen LogP) is 6.54. The van der Waals surface area contributed by atoms with E-state index in [0.29, 0.717) is 54.1 Å². The third kappa shape index (κ3) is 9.89. The van der Waals surface area contributed by atoms with Crippen molar-refractivity contribution in [2.45, 2.75) is 32.3 Å². The van der Waals surface area contributed by atoms with Gasteiger partial charge in [0.05, 0.1) is 6.54 Å². The topological polar surface area (TPSA) is 85.3 Å². The fourth-order valence-electron chi connectivity index (χ4n) is 3.81. The van der Waals surface area contributed by atoms with E-state index >= 15 is 0 Å². The van der Waals surface area contributed by atoms with Crippen LogP contribution in [0.1, 0.15) is 24.5 Å². The molecule has 3 rings (SSSR count). The molecule has 0 aliphatic carbocycles. The smallest absolute Gasteiger partial charge is 0.415 e. The minimum Gasteiger partial charge on any atom is -0.492 e. The Balaban J connectivity index is 1.56. The fourth-order valence-corrected chi connectivity index (χ4v) is 4.38. The van der Waals surface area contributed by atoms with Gasteiger partial charge in [-0.2, -0.15) is 0 Å². The number of amides is 1. The first-order valence-corrected chi connectivity index (χ1v) is 13.1. The third-order valence-electron chi connectivity index (χ3n) is 5.64. The van der Waals surface area contributed by atoms with Gasteiger partial charge in [0.15, 0.2) is 6.10 Å². The van der Waals surface area contributed by atoms with Crippen LogP contribution in [0.15, 0.2) is 72.8 Å². The zero-order chi connectivity index (χ0) is 27.3. The van der Waals surface area contributed by atoms with Crippen molar-refractivity contribution in [1.82, 2.24) is 4.90 Å². The van der Waals surface area contributed by atoms with Crippen LogP contribution in [-0.4, -0.2) is 54.5 Å². The first-order chi connectivity index (χ1) is 18.3. The van der Waals surface area contributed by atoms with Crippen LogP contribution in [0.5, 0.6) is 11.5 Å². The SMILES string of the molecule is CCOC(Cc1ccc(OCCN(CCCc2cc(Cl)cc(Cl)c2)C(=O)Oc2ccccc2)cc1)C(=O)O. The molecule has 0 aromatic heterocycles. The van der Waals surface area contributed by atoms with E-state index in [4.69, 9.17) is 37.4 Å². The normalized spacial score (nSPS) is 11.6. The highest BCUT2D eigenvalue weighted by atomic mass is 35.5. The van der Waals surface area contributed by atoms with Crippen LogP contribution in [0, 0.1) is 0 Å². The second-order valence-electron chi connectivity index (χ2n) is 8.53. The van der Waals surface area contributed by atoms with Gasteiger partial charge in [0.2, 0.25) is 0 Å². The summed E-state index contributed by atoms with van der Waals surface area (Å²) in [4.78, 5) is 25.8. The van der Waals surface area contributed by atoms with Gasteiger partial charge in [0.1, 0.15) is 18.1 Å². The Morgan fingerprint density at radius 1 is 0.895 bits per heavy atom. The Kier molecular flexibility index (Phi) is 11.7. The Bertz CT molecular complexity index is 1150. The summed E-state index contributed by atoms with van der Waals surface area (Å²) in [5.41, 5.74) is 1.82. The second kappa shape index (κ2) is 15.2. The lowest BCUT2D eigenvalue weighted by atomic mass is 10.1. The number of hydrogen-bond acceptors (Lipinski definition) is 5. The van der Waals surface area contributed by atoms with Gasteiger partial charge >= 0.3 is 12.1 Å². The predicted molar refractivity (Wildman–Crippen MR) is 148 cm³/mol. The summed E-state index contributed by atoms with van der Waals surface area (Å²) >= 11 is 12.2. The lowest BCUT2D eigenvalue weighted by Gasteiger charge is -2.22. The number of carbonyl (C=O) groups excluding carboxylic acids is 1. The maximum absolute atomic E-state index is 12.9. The maximum Gasteiger partial charge on any atom is 0.415 e. The molecule has 9 heteroatoms. The second-order valence-corrected chi connectivity index (χ2v) is 9.40. The van der Waals surface area contributed by atoms with E-state index in [1.165, 1.54) is 0 Å². The summed E-state index contributed by atoms with van der Waals surface area (Å²) in [6.45, 7) is 3.11. The van der Waals surface area contributed by atoms with Crippen LogP contribution in [0.4, 0.5) is 4.79 Å². The van der Waals surface area contributed by atoms with Gasteiger partial charge in [-0.05, 0) is 73.4 Å². The number of aryl methyl sites for hydroxylation is 1. The van der Waals surface area contributed by atoms with Crippen molar-refractivity contribution in [1.29, 1.82) is 0 Å². The molecule has 202 valence electrons. The van der Waals surface area contributed by atoms with Crippen LogP contribution >= 0.6 is 23.2 Å². The molecule has 1 N–H and O–H groups in total. The van der Waals surface area contributed by atoms with Gasteiger partial charge in [-0.3, -0.25) is 0 Å². The van der Waals surface area contributed by atoms with Crippen molar-refractivity contribution in [2.24, 2.45) is 0 Å². The molecule has 3 aromatic rings. The average molecular weight is 560 g/mol. The van der Waals surface area contributed by atoms with E-state index in [0.717, 1.165) is 11.1 Å². The van der Waals surface area contributed by atoms with E-state index in [1.807, 2.05) is 30.3 Å². The number of carboxylic acid groups (broad SMARTS) is 1. The zero-order valence-electron chi connectivity index (χ0n) is 21.1. The maximum atomic E-state index is 12.9. The molecule has 1 unspecified atom stereocenters. The molecule has 3 aromatic carbocycles. The number of halogens is 2. The van der Waals surface area contributed by atoms with Crippen LogP contribution in [-0.2, 0) is 22.4 Å². The minimum atomic E-state index is -0.992. The number of hydrogen-bond donors (Lipinski definition) is 1. The van der Waals surface area contributed by atoms with E-state index in [1.54, 1.807) is 54.3 Å². The monoisotopic (exact) mass is 559 g/mol. The summed E-state index contributed by atoms with van der Waals surface area (Å²) < 4.78 is 16.7. The number of carbonyl (C=O) groups is 2. The van der Waals surface area contributed by atoms with Crippen molar-refractivity contribution in [3.63, 3.8) is 0 Å². The summed E-state index contributed by atoms with van der Waals surface area (Å²) in [5.74, 6) is 0.0856. The number of rotatable bonds is 14. The molecule has 0 spiro atoms. The van der Waals surface area contributed by atoms with Crippen LogP contribution < -0.4 is 9.47 Å². The van der Waals surface area contributed by atoms with E-state index in [2.05, 4.69) is 0 Å². The molecule has 38 heavy (non-hydrogen) atoms. The van der Waals surface area contributed by atoms with Crippen molar-refractivity contribution in [2.75, 3.05) is 26.3 Å². The van der Waals surface area contributed by atoms with Crippen LogP contribution in [0.2, 0.25) is 10.0 Å². The van der Waals surface area contributed by atoms with Gasteiger partial charge in [0.25, 0.3) is 0 Å². The molecule has 1 amide bonds. The van der Waals surface area contributed by atoms with Gasteiger partial charge in [-0.1, -0.05) is 53.5 Å². The standard InChI is InChI=1S/C29H31Cl2NO6/c1-2-36-27(28(33)34)19-21-10-12-25(13-11-21)37-16-15-32(29(35)38-26-8-4-3-5-9-26)14-6-7-22-17-23(30)20-24(31)18-22/h3-5,8-13,17-18,20,27H,2,6-7,14-16,19H2,1H3,(H,33,34). The fraction of sp³-hybridized carbons (Fsp3) is 0.310. The molecular formula is C29H31Cl2NO6. The quantitative estimate of drug-likeness (QED) is 0.241. The largest absolute Gasteiger partial charge is 0.492 e. The molecule has 0 aliphatic rings. The van der Waals surface area contributed by atoms with Gasteiger partial charge in [0, 0.05) is 29.6 Å². The molecule has 0 aliphatic heterocycles. The summed E-state index contributed by atoms with van der Waals surface area (Å²) in [6.07, 6.45) is 0.283. The highest BCUT2D eigenvalue weighted by Gasteiger charge is 2.18. The summed E-state index contributed by atoms with van der Waals surface area (Å²) in [6, 6.07) is 21.5. The van der Waals surface area contributed by atoms with Crippen LogP contribution in [0.25, 0.3) is 0 Å². The Morgan fingerprint density at radius 2 is 1.58 bits per heavy atom. The van der Waals surface area contributed by atoms with E-state index in [9.17, 15) is 14.7 Å². The Morgan fingerprint density at radius 3 is 2.21 bits per heavy atom. The molecule has 0 saturated carbocycles. The lowest BCUT2D eigenvalue weighted by molar-refractivity contribution is -0.149. The van der Waals surface area contributed by atoms with Gasteiger partial charge in [-0.15, -0.1) is 0 Å². The molecule has 0 heterocycles. The molecule has 0 saturated heterocycles. The molecule has 0 fully saturated rings. The number of aliphatic carboxylic acids is 1. The number of benzene rings is 3. The van der Waals surface area contributed by atoms with E-state index in [-0.39, 0.29) is 13.0 Å². The molecular weight excluding hydrogens is 529 g/mol. The average Bonchev–Trinajstić information content (AvgIpc) is 2.88. The number of nitrogens with zero attached hydrogens (tertiary/aromatic N) is 1. The summed E-state index contributed by atoms with van der Waals surface area (Å²) in [7, 11) is 0. The highest BCUT2D eigenvalue weighted by Crippen LogP contribution is 2.20. The minimum absolute atomic E-state index is 0.253. The number of ether oxygens (including phenoxy) is 3. The third-order valence-corrected chi connectivity index (χ3v) is 6.08. The number of carboxylic acids is 1. The van der Waals surface area contributed by atoms with Crippen LogP contribution in [0.3, 0.4) is 0 Å². The summed E-state index contributed by atoms with van der Waals surface area (Å²) in [5, 5.41) is 10.4. The van der Waals surface area contributed by atoms with Gasteiger partial charge in [-0.25, -0.2) is 9.59 Å². The van der Waals surface area contributed by atoms with Crippen molar-refractivity contribution < 1.29 is 28.9 Å².